The second kappa shape index (κ2) is 5.34. The van der Waals surface area contributed by atoms with E-state index in [1.165, 1.54) is 23.5 Å². The number of nitrogens with one attached hydrogen (secondary N) is 1. The van der Waals surface area contributed by atoms with Crippen molar-refractivity contribution in [3.8, 4) is 0 Å². The molecule has 0 saturated carbocycles. The quantitative estimate of drug-likeness (QED) is 0.875. The smallest absolute Gasteiger partial charge is 0.255 e. The molecule has 3 N–H and O–H groups in total. The number of hydrogen-bond acceptors (Lipinski definition) is 6. The van der Waals surface area contributed by atoms with Gasteiger partial charge >= 0.3 is 0 Å². The molecule has 7 nitrogen and oxygen atoms in total. The highest BCUT2D eigenvalue weighted by Crippen LogP contribution is 2.28. The molecule has 0 bridgehead atoms. The Bertz CT molecular complexity index is 794. The van der Waals surface area contributed by atoms with Gasteiger partial charge in [-0.3, -0.25) is 10.1 Å². The van der Waals surface area contributed by atoms with Crippen molar-refractivity contribution in [3.05, 3.63) is 18.2 Å². The Kier molecular flexibility index (Phi) is 3.66. The number of nitrogens with two attached hydrogens (primary N) is 1. The van der Waals surface area contributed by atoms with Crippen molar-refractivity contribution in [1.29, 1.82) is 0 Å². The van der Waals surface area contributed by atoms with E-state index in [-0.39, 0.29) is 10.8 Å². The van der Waals surface area contributed by atoms with Gasteiger partial charge in [0.25, 0.3) is 5.91 Å². The average molecular weight is 327 g/mol. The minimum atomic E-state index is -3.75. The van der Waals surface area contributed by atoms with Crippen LogP contribution in [0.1, 0.15) is 12.8 Å². The van der Waals surface area contributed by atoms with Gasteiger partial charge in [-0.2, -0.15) is 0 Å². The van der Waals surface area contributed by atoms with Crippen LogP contribution in [-0.2, 0) is 19.6 Å². The third-order valence-corrected chi connectivity index (χ3v) is 4.99. The zero-order chi connectivity index (χ0) is 15.0. The molecule has 21 heavy (non-hydrogen) atoms. The average Bonchev–Trinajstić information content (AvgIpc) is 3.05. The van der Waals surface area contributed by atoms with Crippen LogP contribution in [0.15, 0.2) is 23.1 Å². The molecule has 3 rings (SSSR count). The number of hydrogen-bond donors (Lipinski definition) is 2. The second-order valence-corrected chi connectivity index (χ2v) is 7.28. The summed E-state index contributed by atoms with van der Waals surface area (Å²) in [5, 5.41) is 8.20. The van der Waals surface area contributed by atoms with E-state index in [0.717, 1.165) is 6.42 Å². The summed E-state index contributed by atoms with van der Waals surface area (Å²) in [4.78, 5) is 16.2. The summed E-state index contributed by atoms with van der Waals surface area (Å²) in [6.45, 7) is 0.593. The number of rotatable bonds is 3. The fraction of sp³-hybridized carbons (Fsp3) is 0.333. The second-order valence-electron chi connectivity index (χ2n) is 4.68. The van der Waals surface area contributed by atoms with E-state index in [1.807, 2.05) is 0 Å². The molecule has 1 aliphatic heterocycles. The van der Waals surface area contributed by atoms with Crippen LogP contribution < -0.4 is 10.5 Å². The molecule has 1 aromatic heterocycles. The summed E-state index contributed by atoms with van der Waals surface area (Å²) >= 11 is 1.20. The van der Waals surface area contributed by atoms with E-state index in [9.17, 15) is 13.2 Å². The number of thiazole rings is 1. The van der Waals surface area contributed by atoms with Crippen LogP contribution in [0, 0.1) is 0 Å². The predicted octanol–water partition coefficient (Wildman–Crippen LogP) is 1.06. The molecule has 2 aromatic rings. The number of primary sulfonamides is 1. The Morgan fingerprint density at radius 2 is 2.29 bits per heavy atom. The SMILES string of the molecule is NS(=O)(=O)c1ccc2nc(NC(=O)[C@@H]3CCCO3)sc2c1. The van der Waals surface area contributed by atoms with Gasteiger partial charge in [-0.05, 0) is 31.0 Å². The first kappa shape index (κ1) is 14.4. The van der Waals surface area contributed by atoms with Gasteiger partial charge in [0, 0.05) is 6.61 Å². The van der Waals surface area contributed by atoms with Crippen molar-refractivity contribution in [2.24, 2.45) is 5.14 Å². The summed E-state index contributed by atoms with van der Waals surface area (Å²) in [6.07, 6.45) is 1.14. The summed E-state index contributed by atoms with van der Waals surface area (Å²) in [5.41, 5.74) is 0.607. The summed E-state index contributed by atoms with van der Waals surface area (Å²) in [7, 11) is -3.75. The van der Waals surface area contributed by atoms with Gasteiger partial charge in [-0.1, -0.05) is 11.3 Å². The number of amides is 1. The van der Waals surface area contributed by atoms with Gasteiger partial charge < -0.3 is 4.74 Å². The fourth-order valence-electron chi connectivity index (χ4n) is 2.11. The molecule has 1 atom stereocenters. The van der Waals surface area contributed by atoms with Gasteiger partial charge in [0.15, 0.2) is 5.13 Å². The number of nitrogens with zero attached hydrogens (tertiary/aromatic N) is 1. The monoisotopic (exact) mass is 327 g/mol. The molecule has 2 heterocycles. The number of sulfonamides is 1. The van der Waals surface area contributed by atoms with Gasteiger partial charge in [0.2, 0.25) is 10.0 Å². The van der Waals surface area contributed by atoms with Crippen LogP contribution in [0.4, 0.5) is 5.13 Å². The minimum absolute atomic E-state index is 0.0238. The number of benzene rings is 1. The molecule has 1 fully saturated rings. The Balaban J connectivity index is 1.85. The van der Waals surface area contributed by atoms with E-state index in [1.54, 1.807) is 6.07 Å². The molecule has 1 amide bonds. The highest BCUT2D eigenvalue weighted by atomic mass is 32.2. The molecule has 0 spiro atoms. The van der Waals surface area contributed by atoms with Crippen molar-refractivity contribution >= 4 is 42.6 Å². The van der Waals surface area contributed by atoms with Crippen molar-refractivity contribution in [2.75, 3.05) is 11.9 Å². The molecule has 0 aliphatic carbocycles. The number of anilines is 1. The summed E-state index contributed by atoms with van der Waals surface area (Å²) in [6, 6.07) is 4.40. The Hall–Kier alpha value is -1.55. The third-order valence-electron chi connectivity index (χ3n) is 3.14. The number of carbonyl (C=O) groups is 1. The lowest BCUT2D eigenvalue weighted by atomic mass is 10.2. The van der Waals surface area contributed by atoms with E-state index < -0.39 is 16.1 Å². The third kappa shape index (κ3) is 3.05. The maximum atomic E-state index is 11.9. The highest BCUT2D eigenvalue weighted by molar-refractivity contribution is 7.89. The van der Waals surface area contributed by atoms with Crippen molar-refractivity contribution in [2.45, 2.75) is 23.8 Å². The maximum Gasteiger partial charge on any atom is 0.255 e. The first-order valence-corrected chi connectivity index (χ1v) is 8.65. The van der Waals surface area contributed by atoms with Crippen LogP contribution >= 0.6 is 11.3 Å². The fourth-order valence-corrected chi connectivity index (χ4v) is 3.63. The molecule has 112 valence electrons. The lowest BCUT2D eigenvalue weighted by Crippen LogP contribution is -2.26. The van der Waals surface area contributed by atoms with Gasteiger partial charge in [-0.15, -0.1) is 0 Å². The van der Waals surface area contributed by atoms with Crippen LogP contribution in [0.3, 0.4) is 0 Å². The van der Waals surface area contributed by atoms with Crippen molar-refractivity contribution in [1.82, 2.24) is 4.98 Å². The first-order chi connectivity index (χ1) is 9.93. The molecule has 0 unspecified atom stereocenters. The number of carbonyl (C=O) groups excluding carboxylic acids is 1. The topological polar surface area (TPSA) is 111 Å². The molecule has 1 saturated heterocycles. The molecular weight excluding hydrogens is 314 g/mol. The van der Waals surface area contributed by atoms with Gasteiger partial charge in [-0.25, -0.2) is 18.5 Å². The lowest BCUT2D eigenvalue weighted by molar-refractivity contribution is -0.124. The molecule has 1 aliphatic rings. The van der Waals surface area contributed by atoms with E-state index in [0.29, 0.717) is 28.4 Å². The number of fused-ring (bicyclic) bond motifs is 1. The summed E-state index contributed by atoms with van der Waals surface area (Å²) < 4.78 is 28.6. The molecule has 9 heteroatoms. The Labute approximate surface area is 125 Å². The zero-order valence-electron chi connectivity index (χ0n) is 10.9. The van der Waals surface area contributed by atoms with E-state index in [4.69, 9.17) is 9.88 Å². The standard InChI is InChI=1S/C12H13N3O4S2/c13-21(17,18)7-3-4-8-10(6-7)20-12(14-8)15-11(16)9-2-1-5-19-9/h3-4,6,9H,1-2,5H2,(H2,13,17,18)(H,14,15,16)/t9-/m0/s1. The van der Waals surface area contributed by atoms with E-state index >= 15 is 0 Å². The normalized spacial score (nSPS) is 19.0. The lowest BCUT2D eigenvalue weighted by Gasteiger charge is -2.07. The number of aromatic nitrogens is 1. The Morgan fingerprint density at radius 3 is 2.95 bits per heavy atom. The van der Waals surface area contributed by atoms with Crippen LogP contribution in [0.25, 0.3) is 10.2 Å². The van der Waals surface area contributed by atoms with Crippen LogP contribution in [0.5, 0.6) is 0 Å². The van der Waals surface area contributed by atoms with Crippen LogP contribution in [0.2, 0.25) is 0 Å². The minimum Gasteiger partial charge on any atom is -0.368 e. The Morgan fingerprint density at radius 1 is 1.48 bits per heavy atom. The highest BCUT2D eigenvalue weighted by Gasteiger charge is 2.24. The maximum absolute atomic E-state index is 11.9. The molecular formula is C12H13N3O4S2. The van der Waals surface area contributed by atoms with Crippen molar-refractivity contribution < 1.29 is 17.9 Å². The molecule has 1 aromatic carbocycles. The van der Waals surface area contributed by atoms with Gasteiger partial charge in [0.05, 0.1) is 15.1 Å². The largest absolute Gasteiger partial charge is 0.368 e. The molecule has 0 radical (unpaired) electrons. The zero-order valence-corrected chi connectivity index (χ0v) is 12.5. The van der Waals surface area contributed by atoms with Crippen molar-refractivity contribution in [3.63, 3.8) is 0 Å². The predicted molar refractivity (Wildman–Crippen MR) is 78.6 cm³/mol. The van der Waals surface area contributed by atoms with Gasteiger partial charge in [0.1, 0.15) is 6.10 Å². The van der Waals surface area contributed by atoms with E-state index in [2.05, 4.69) is 10.3 Å². The number of ether oxygens (including phenoxy) is 1. The van der Waals surface area contributed by atoms with Crippen LogP contribution in [-0.4, -0.2) is 32.0 Å². The first-order valence-electron chi connectivity index (χ1n) is 6.29. The summed E-state index contributed by atoms with van der Waals surface area (Å²) in [5.74, 6) is -0.224.